The molecule has 2 aromatic rings. The molecular formula is C18H21ClN2O5S. The Morgan fingerprint density at radius 3 is 2.19 bits per heavy atom. The van der Waals surface area contributed by atoms with E-state index in [1.54, 1.807) is 24.3 Å². The fraction of sp³-hybridized carbons (Fsp3) is 0.278. The Hall–Kier alpha value is -2.45. The van der Waals surface area contributed by atoms with Gasteiger partial charge in [0.1, 0.15) is 0 Å². The minimum Gasteiger partial charge on any atom is -0.493 e. The van der Waals surface area contributed by atoms with Crippen LogP contribution in [0.5, 0.6) is 11.5 Å². The quantitative estimate of drug-likeness (QED) is 0.755. The Balaban J connectivity index is 2.39. The topological polar surface area (TPSA) is 84.9 Å². The van der Waals surface area contributed by atoms with Crippen LogP contribution in [0.3, 0.4) is 0 Å². The van der Waals surface area contributed by atoms with Gasteiger partial charge in [-0.3, -0.25) is 9.10 Å². The zero-order valence-corrected chi connectivity index (χ0v) is 17.0. The highest BCUT2D eigenvalue weighted by atomic mass is 35.5. The lowest BCUT2D eigenvalue weighted by atomic mass is 10.1. The fourth-order valence-corrected chi connectivity index (χ4v) is 3.00. The third-order valence-corrected chi connectivity index (χ3v) is 5.39. The second-order valence-electron chi connectivity index (χ2n) is 5.76. The second kappa shape index (κ2) is 8.49. The third kappa shape index (κ3) is 5.05. The molecule has 2 rings (SSSR count). The first kappa shape index (κ1) is 20.9. The van der Waals surface area contributed by atoms with Gasteiger partial charge in [0.15, 0.2) is 11.5 Å². The van der Waals surface area contributed by atoms with E-state index in [-0.39, 0.29) is 17.8 Å². The molecular weight excluding hydrogens is 392 g/mol. The van der Waals surface area contributed by atoms with Gasteiger partial charge in [0.05, 0.1) is 31.7 Å². The molecule has 9 heteroatoms. The van der Waals surface area contributed by atoms with Crippen molar-refractivity contribution in [3.8, 4) is 11.5 Å². The Bertz CT molecular complexity index is 930. The van der Waals surface area contributed by atoms with Gasteiger partial charge in [-0.2, -0.15) is 0 Å². The summed E-state index contributed by atoms with van der Waals surface area (Å²) >= 11 is 5.86. The maximum atomic E-state index is 12.7. The van der Waals surface area contributed by atoms with Crippen molar-refractivity contribution in [3.05, 3.63) is 52.5 Å². The lowest BCUT2D eigenvalue weighted by molar-refractivity contribution is 0.0951. The first-order valence-corrected chi connectivity index (χ1v) is 10.1. The monoisotopic (exact) mass is 412 g/mol. The third-order valence-electron chi connectivity index (χ3n) is 3.95. The van der Waals surface area contributed by atoms with Crippen molar-refractivity contribution in [1.29, 1.82) is 0 Å². The first-order chi connectivity index (χ1) is 12.7. The maximum Gasteiger partial charge on any atom is 0.253 e. The number of benzene rings is 2. The molecule has 2 aromatic carbocycles. The standard InChI is InChI=1S/C18H21ClN2O5S/c1-21(27(4,23)24)15-10-17(26-3)16(25-2)9-14(15)18(22)20-11-12-5-7-13(19)8-6-12/h5-10H,11H2,1-4H3,(H,20,22). The Morgan fingerprint density at radius 1 is 1.11 bits per heavy atom. The van der Waals surface area contributed by atoms with Crippen molar-refractivity contribution in [1.82, 2.24) is 5.32 Å². The number of carbonyl (C=O) groups excluding carboxylic acids is 1. The van der Waals surface area contributed by atoms with E-state index in [9.17, 15) is 13.2 Å². The number of halogens is 1. The summed E-state index contributed by atoms with van der Waals surface area (Å²) in [5.41, 5.74) is 1.18. The maximum absolute atomic E-state index is 12.7. The van der Waals surface area contributed by atoms with E-state index in [4.69, 9.17) is 21.1 Å². The molecule has 0 spiro atoms. The minimum atomic E-state index is -3.59. The van der Waals surface area contributed by atoms with Gasteiger partial charge < -0.3 is 14.8 Å². The Kier molecular flexibility index (Phi) is 6.56. The summed E-state index contributed by atoms with van der Waals surface area (Å²) in [6, 6.07) is 9.94. The van der Waals surface area contributed by atoms with Gasteiger partial charge in [0.2, 0.25) is 10.0 Å². The summed E-state index contributed by atoms with van der Waals surface area (Å²) < 4.78 is 35.4. The molecule has 0 atom stereocenters. The second-order valence-corrected chi connectivity index (χ2v) is 8.21. The Labute approximate surface area is 163 Å². The molecule has 0 saturated heterocycles. The molecule has 0 aliphatic carbocycles. The molecule has 0 heterocycles. The molecule has 0 saturated carbocycles. The molecule has 0 aromatic heterocycles. The highest BCUT2D eigenvalue weighted by molar-refractivity contribution is 7.92. The van der Waals surface area contributed by atoms with Crippen molar-refractivity contribution < 1.29 is 22.7 Å². The molecule has 0 unspecified atom stereocenters. The van der Waals surface area contributed by atoms with E-state index < -0.39 is 15.9 Å². The molecule has 0 aliphatic rings. The predicted molar refractivity (Wildman–Crippen MR) is 105 cm³/mol. The van der Waals surface area contributed by atoms with E-state index in [0.717, 1.165) is 16.1 Å². The van der Waals surface area contributed by atoms with Gasteiger partial charge in [-0.25, -0.2) is 8.42 Å². The lowest BCUT2D eigenvalue weighted by Crippen LogP contribution is -2.30. The predicted octanol–water partition coefficient (Wildman–Crippen LogP) is 2.68. The zero-order valence-electron chi connectivity index (χ0n) is 15.4. The zero-order chi connectivity index (χ0) is 20.2. The lowest BCUT2D eigenvalue weighted by Gasteiger charge is -2.22. The number of hydrogen-bond donors (Lipinski definition) is 1. The summed E-state index contributed by atoms with van der Waals surface area (Å²) in [7, 11) is 0.652. The summed E-state index contributed by atoms with van der Waals surface area (Å²) in [6.07, 6.45) is 1.05. The smallest absolute Gasteiger partial charge is 0.253 e. The first-order valence-electron chi connectivity index (χ1n) is 7.90. The van der Waals surface area contributed by atoms with Crippen LogP contribution in [0.25, 0.3) is 0 Å². The van der Waals surface area contributed by atoms with Gasteiger partial charge in [-0.15, -0.1) is 0 Å². The number of anilines is 1. The highest BCUT2D eigenvalue weighted by Gasteiger charge is 2.23. The van der Waals surface area contributed by atoms with Crippen molar-refractivity contribution in [2.24, 2.45) is 0 Å². The van der Waals surface area contributed by atoms with Gasteiger partial charge in [-0.1, -0.05) is 23.7 Å². The molecule has 0 fully saturated rings. The number of ether oxygens (including phenoxy) is 2. The van der Waals surface area contributed by atoms with Crippen LogP contribution < -0.4 is 19.1 Å². The minimum absolute atomic E-state index is 0.148. The largest absolute Gasteiger partial charge is 0.493 e. The summed E-state index contributed by atoms with van der Waals surface area (Å²) in [4.78, 5) is 12.7. The van der Waals surface area contributed by atoms with Crippen LogP contribution in [0.2, 0.25) is 5.02 Å². The van der Waals surface area contributed by atoms with Crippen LogP contribution in [0.15, 0.2) is 36.4 Å². The SMILES string of the molecule is COc1cc(C(=O)NCc2ccc(Cl)cc2)c(N(C)S(C)(=O)=O)cc1OC. The number of amides is 1. The number of hydrogen-bond acceptors (Lipinski definition) is 5. The van der Waals surface area contributed by atoms with Crippen LogP contribution in [-0.4, -0.2) is 41.8 Å². The van der Waals surface area contributed by atoms with Gasteiger partial charge in [-0.05, 0) is 23.8 Å². The Morgan fingerprint density at radius 2 is 1.67 bits per heavy atom. The number of nitrogens with one attached hydrogen (secondary N) is 1. The average Bonchev–Trinajstić information content (AvgIpc) is 2.64. The average molecular weight is 413 g/mol. The normalized spacial score (nSPS) is 11.0. The molecule has 1 N–H and O–H groups in total. The molecule has 27 heavy (non-hydrogen) atoms. The van der Waals surface area contributed by atoms with E-state index in [2.05, 4.69) is 5.32 Å². The molecule has 0 radical (unpaired) electrons. The van der Waals surface area contributed by atoms with E-state index in [1.807, 2.05) is 0 Å². The van der Waals surface area contributed by atoms with Crippen LogP contribution in [-0.2, 0) is 16.6 Å². The van der Waals surface area contributed by atoms with Crippen LogP contribution >= 0.6 is 11.6 Å². The highest BCUT2D eigenvalue weighted by Crippen LogP contribution is 2.35. The summed E-state index contributed by atoms with van der Waals surface area (Å²) in [5.74, 6) is 0.188. The van der Waals surface area contributed by atoms with E-state index >= 15 is 0 Å². The summed E-state index contributed by atoms with van der Waals surface area (Å²) in [6.45, 7) is 0.256. The van der Waals surface area contributed by atoms with Crippen molar-refractivity contribution in [2.75, 3.05) is 31.8 Å². The number of methoxy groups -OCH3 is 2. The van der Waals surface area contributed by atoms with E-state index in [0.29, 0.717) is 16.5 Å². The molecule has 0 bridgehead atoms. The van der Waals surface area contributed by atoms with Gasteiger partial charge in [0, 0.05) is 24.7 Å². The molecule has 7 nitrogen and oxygen atoms in total. The van der Waals surface area contributed by atoms with Gasteiger partial charge in [0.25, 0.3) is 5.91 Å². The van der Waals surface area contributed by atoms with Crippen molar-refractivity contribution in [2.45, 2.75) is 6.54 Å². The van der Waals surface area contributed by atoms with Crippen molar-refractivity contribution in [3.63, 3.8) is 0 Å². The number of nitrogens with zero attached hydrogens (tertiary/aromatic N) is 1. The van der Waals surface area contributed by atoms with Crippen LogP contribution in [0, 0.1) is 0 Å². The number of sulfonamides is 1. The molecule has 0 aliphatic heterocycles. The number of carbonyl (C=O) groups is 1. The summed E-state index contributed by atoms with van der Waals surface area (Å²) in [5, 5.41) is 3.37. The van der Waals surface area contributed by atoms with Gasteiger partial charge >= 0.3 is 0 Å². The van der Waals surface area contributed by atoms with Crippen molar-refractivity contribution >= 4 is 33.2 Å². The fourth-order valence-electron chi connectivity index (χ4n) is 2.37. The van der Waals surface area contributed by atoms with Crippen LogP contribution in [0.1, 0.15) is 15.9 Å². The number of rotatable bonds is 7. The van der Waals surface area contributed by atoms with Crippen LogP contribution in [0.4, 0.5) is 5.69 Å². The molecule has 146 valence electrons. The van der Waals surface area contributed by atoms with E-state index in [1.165, 1.54) is 33.4 Å². The molecule has 1 amide bonds.